The third-order valence-corrected chi connectivity index (χ3v) is 3.99. The molecule has 24 heavy (non-hydrogen) atoms. The number of nitrogens with two attached hydrogens (primary N) is 1. The van der Waals surface area contributed by atoms with E-state index < -0.39 is 0 Å². The lowest BCUT2D eigenvalue weighted by Crippen LogP contribution is -2.16. The van der Waals surface area contributed by atoms with Gasteiger partial charge in [-0.15, -0.1) is 0 Å². The third kappa shape index (κ3) is 4.71. The number of ether oxygens (including phenoxy) is 2. The third-order valence-electron chi connectivity index (χ3n) is 3.76. The van der Waals surface area contributed by atoms with Gasteiger partial charge in [0, 0.05) is 5.56 Å². The minimum absolute atomic E-state index is 0.0404. The van der Waals surface area contributed by atoms with Crippen molar-refractivity contribution in [1.82, 2.24) is 0 Å². The molecule has 0 radical (unpaired) electrons. The van der Waals surface area contributed by atoms with Crippen LogP contribution in [-0.4, -0.2) is 18.2 Å². The van der Waals surface area contributed by atoms with Gasteiger partial charge in [0.2, 0.25) is 0 Å². The minimum atomic E-state index is 0.0404. The fourth-order valence-electron chi connectivity index (χ4n) is 2.45. The fourth-order valence-corrected chi connectivity index (χ4v) is 2.59. The molecule has 0 aliphatic rings. The number of hydrogen-bond donors (Lipinski definition) is 1. The predicted octanol–water partition coefficient (Wildman–Crippen LogP) is 4.38. The Bertz CT molecular complexity index is 703. The number of para-hydroxylation sites is 1. The molecule has 0 amide bonds. The van der Waals surface area contributed by atoms with Crippen molar-refractivity contribution >= 4 is 17.2 Å². The number of benzene rings is 2. The van der Waals surface area contributed by atoms with Crippen molar-refractivity contribution in [3.8, 4) is 11.5 Å². The maximum absolute atomic E-state index is 6.01. The van der Waals surface area contributed by atoms with E-state index in [2.05, 4.69) is 45.9 Å². The minimum Gasteiger partial charge on any atom is -0.490 e. The summed E-state index contributed by atoms with van der Waals surface area (Å²) in [5.74, 6) is 1.73. The highest BCUT2D eigenvalue weighted by molar-refractivity contribution is 7.80. The van der Waals surface area contributed by atoms with Crippen molar-refractivity contribution in [2.45, 2.75) is 33.1 Å². The van der Waals surface area contributed by atoms with Crippen LogP contribution in [0.5, 0.6) is 11.5 Å². The van der Waals surface area contributed by atoms with E-state index in [1.807, 2.05) is 24.3 Å². The highest BCUT2D eigenvalue weighted by atomic mass is 32.1. The number of hydrogen-bond acceptors (Lipinski definition) is 3. The van der Waals surface area contributed by atoms with E-state index >= 15 is 0 Å². The summed E-state index contributed by atoms with van der Waals surface area (Å²) in [6.45, 7) is 9.60. The van der Waals surface area contributed by atoms with Gasteiger partial charge in [-0.2, -0.15) is 0 Å². The summed E-state index contributed by atoms with van der Waals surface area (Å²) in [6, 6.07) is 13.7. The van der Waals surface area contributed by atoms with Crippen molar-refractivity contribution in [2.24, 2.45) is 5.73 Å². The maximum atomic E-state index is 6.01. The average Bonchev–Trinajstić information content (AvgIpc) is 2.52. The zero-order valence-corrected chi connectivity index (χ0v) is 15.6. The van der Waals surface area contributed by atoms with Gasteiger partial charge in [-0.25, -0.2) is 0 Å². The summed E-state index contributed by atoms with van der Waals surface area (Å²) < 4.78 is 11.7. The van der Waals surface area contributed by atoms with Crippen molar-refractivity contribution in [3.63, 3.8) is 0 Å². The van der Waals surface area contributed by atoms with Gasteiger partial charge in [-0.1, -0.05) is 51.2 Å². The highest BCUT2D eigenvalue weighted by Crippen LogP contribution is 2.33. The molecule has 2 aromatic rings. The van der Waals surface area contributed by atoms with Crippen LogP contribution < -0.4 is 15.2 Å². The zero-order valence-electron chi connectivity index (χ0n) is 14.8. The quantitative estimate of drug-likeness (QED) is 0.624. The lowest BCUT2D eigenvalue weighted by molar-refractivity contribution is 0.213. The first-order valence-corrected chi connectivity index (χ1v) is 8.45. The summed E-state index contributed by atoms with van der Waals surface area (Å²) in [5.41, 5.74) is 8.81. The van der Waals surface area contributed by atoms with Gasteiger partial charge in [0.15, 0.2) is 0 Å². The van der Waals surface area contributed by atoms with Crippen LogP contribution in [0.4, 0.5) is 0 Å². The lowest BCUT2D eigenvalue weighted by Gasteiger charge is -2.24. The van der Waals surface area contributed by atoms with Crippen LogP contribution in [0.25, 0.3) is 0 Å². The van der Waals surface area contributed by atoms with Crippen LogP contribution in [0.2, 0.25) is 0 Å². The molecule has 0 spiro atoms. The van der Waals surface area contributed by atoms with Crippen LogP contribution in [0.15, 0.2) is 42.5 Å². The molecule has 0 saturated heterocycles. The van der Waals surface area contributed by atoms with Gasteiger partial charge in [-0.05, 0) is 47.7 Å². The summed E-state index contributed by atoms with van der Waals surface area (Å²) in [7, 11) is 0. The molecule has 0 atom stereocenters. The second-order valence-electron chi connectivity index (χ2n) is 6.79. The molecule has 0 aromatic heterocycles. The highest BCUT2D eigenvalue weighted by Gasteiger charge is 2.20. The Kier molecular flexibility index (Phi) is 5.84. The second kappa shape index (κ2) is 7.67. The van der Waals surface area contributed by atoms with Gasteiger partial charge in [0.1, 0.15) is 29.7 Å². The number of aryl methyl sites for hydroxylation is 1. The van der Waals surface area contributed by atoms with E-state index in [9.17, 15) is 0 Å². The molecule has 128 valence electrons. The van der Waals surface area contributed by atoms with Crippen molar-refractivity contribution in [3.05, 3.63) is 59.2 Å². The Morgan fingerprint density at radius 3 is 2.21 bits per heavy atom. The Morgan fingerprint density at radius 2 is 1.62 bits per heavy atom. The predicted molar refractivity (Wildman–Crippen MR) is 103 cm³/mol. The molecule has 4 heteroatoms. The summed E-state index contributed by atoms with van der Waals surface area (Å²) in [6.07, 6.45) is 0. The first-order valence-electron chi connectivity index (χ1n) is 8.04. The van der Waals surface area contributed by atoms with Crippen molar-refractivity contribution in [2.75, 3.05) is 13.2 Å². The van der Waals surface area contributed by atoms with Gasteiger partial charge in [-0.3, -0.25) is 0 Å². The summed E-state index contributed by atoms with van der Waals surface area (Å²) >= 11 is 4.94. The topological polar surface area (TPSA) is 44.5 Å². The van der Waals surface area contributed by atoms with E-state index in [0.29, 0.717) is 18.2 Å². The molecule has 0 saturated carbocycles. The van der Waals surface area contributed by atoms with Crippen LogP contribution in [-0.2, 0) is 5.41 Å². The van der Waals surface area contributed by atoms with Crippen molar-refractivity contribution < 1.29 is 9.47 Å². The van der Waals surface area contributed by atoms with Crippen molar-refractivity contribution in [1.29, 1.82) is 0 Å². The van der Waals surface area contributed by atoms with E-state index in [-0.39, 0.29) is 5.41 Å². The normalized spacial score (nSPS) is 11.2. The molecule has 0 heterocycles. The van der Waals surface area contributed by atoms with E-state index in [1.165, 1.54) is 5.56 Å². The Labute approximate surface area is 149 Å². The molecule has 0 aliphatic carbocycles. The molecular formula is C20H25NO2S. The van der Waals surface area contributed by atoms with Crippen LogP contribution >= 0.6 is 12.2 Å². The fraction of sp³-hybridized carbons (Fsp3) is 0.350. The molecule has 0 unspecified atom stereocenters. The Balaban J connectivity index is 1.94. The molecule has 2 N–H and O–H groups in total. The SMILES string of the molecule is Cc1cccc(C(C)(C)C)c1OCCOc1ccc(C(N)=S)cc1. The standard InChI is InChI=1S/C20H25NO2S/c1-14-6-5-7-17(20(2,3)4)18(14)23-13-12-22-16-10-8-15(9-11-16)19(21)24/h5-11H,12-13H2,1-4H3,(H2,21,24). The van der Waals surface area contributed by atoms with Gasteiger partial charge in [0.05, 0.1) is 0 Å². The monoisotopic (exact) mass is 343 g/mol. The van der Waals surface area contributed by atoms with E-state index in [4.69, 9.17) is 27.4 Å². The van der Waals surface area contributed by atoms with E-state index in [1.54, 1.807) is 0 Å². The summed E-state index contributed by atoms with van der Waals surface area (Å²) in [5, 5.41) is 0. The molecular weight excluding hydrogens is 318 g/mol. The first-order chi connectivity index (χ1) is 11.3. The first kappa shape index (κ1) is 18.3. The molecule has 0 fully saturated rings. The second-order valence-corrected chi connectivity index (χ2v) is 7.23. The van der Waals surface area contributed by atoms with Gasteiger partial charge >= 0.3 is 0 Å². The molecule has 2 aromatic carbocycles. The largest absolute Gasteiger partial charge is 0.490 e. The smallest absolute Gasteiger partial charge is 0.126 e. The van der Waals surface area contributed by atoms with Crippen LogP contribution in [0.3, 0.4) is 0 Å². The lowest BCUT2D eigenvalue weighted by atomic mass is 9.85. The molecule has 2 rings (SSSR count). The molecule has 0 bridgehead atoms. The molecule has 3 nitrogen and oxygen atoms in total. The van der Waals surface area contributed by atoms with Gasteiger partial charge < -0.3 is 15.2 Å². The van der Waals surface area contributed by atoms with Gasteiger partial charge in [0.25, 0.3) is 0 Å². The van der Waals surface area contributed by atoms with Crippen LogP contribution in [0.1, 0.15) is 37.5 Å². The number of rotatable bonds is 6. The zero-order chi connectivity index (χ0) is 17.7. The summed E-state index contributed by atoms with van der Waals surface area (Å²) in [4.78, 5) is 0.388. The average molecular weight is 343 g/mol. The number of thiocarbonyl (C=S) groups is 1. The maximum Gasteiger partial charge on any atom is 0.126 e. The Hall–Kier alpha value is -2.07. The van der Waals surface area contributed by atoms with Crippen LogP contribution in [0, 0.1) is 6.92 Å². The molecule has 0 aliphatic heterocycles. The Morgan fingerprint density at radius 1 is 1.00 bits per heavy atom. The van der Waals surface area contributed by atoms with E-state index in [0.717, 1.165) is 22.6 Å².